The first-order chi connectivity index (χ1) is 16.0. The molecule has 1 N–H and O–H groups in total. The molecular formula is C27H26N2O4. The summed E-state index contributed by atoms with van der Waals surface area (Å²) in [4.78, 5) is 38.8. The van der Waals surface area contributed by atoms with E-state index >= 15 is 0 Å². The molecule has 33 heavy (non-hydrogen) atoms. The average molecular weight is 443 g/mol. The lowest BCUT2D eigenvalue weighted by Crippen LogP contribution is -2.43. The molecule has 0 bridgehead atoms. The Hall–Kier alpha value is -3.93. The SMILES string of the molecule is CC(=O)c1cccc(-c2cccc(NC(=O)C3CCCN3C(=O)OCc3ccccc3)c2)c1. The van der Waals surface area contributed by atoms with Gasteiger partial charge in [0.15, 0.2) is 5.78 Å². The minimum Gasteiger partial charge on any atom is -0.445 e. The second-order valence-corrected chi connectivity index (χ2v) is 8.10. The lowest BCUT2D eigenvalue weighted by atomic mass is 10.0. The largest absolute Gasteiger partial charge is 0.445 e. The Balaban J connectivity index is 1.42. The number of hydrogen-bond donors (Lipinski definition) is 1. The third-order valence-electron chi connectivity index (χ3n) is 5.73. The average Bonchev–Trinajstić information content (AvgIpc) is 3.34. The summed E-state index contributed by atoms with van der Waals surface area (Å²) in [5.41, 5.74) is 3.96. The molecule has 6 nitrogen and oxygen atoms in total. The number of anilines is 1. The molecule has 6 heteroatoms. The molecule has 1 unspecified atom stereocenters. The molecule has 0 aromatic heterocycles. The van der Waals surface area contributed by atoms with Crippen molar-refractivity contribution in [3.8, 4) is 11.1 Å². The van der Waals surface area contributed by atoms with Crippen LogP contribution >= 0.6 is 0 Å². The van der Waals surface area contributed by atoms with Crippen molar-refractivity contribution in [2.75, 3.05) is 11.9 Å². The summed E-state index contributed by atoms with van der Waals surface area (Å²) < 4.78 is 5.43. The van der Waals surface area contributed by atoms with Gasteiger partial charge in [-0.3, -0.25) is 14.5 Å². The van der Waals surface area contributed by atoms with E-state index < -0.39 is 12.1 Å². The number of carbonyl (C=O) groups is 3. The molecule has 4 rings (SSSR count). The van der Waals surface area contributed by atoms with E-state index in [1.165, 1.54) is 11.8 Å². The number of carbonyl (C=O) groups excluding carboxylic acids is 3. The standard InChI is InChI=1S/C27H26N2O4/c1-19(30)21-10-5-11-22(16-21)23-12-6-13-24(17-23)28-26(31)25-14-7-15-29(25)27(32)33-18-20-8-3-2-4-9-20/h2-6,8-13,16-17,25H,7,14-15,18H2,1H3,(H,28,31). The Morgan fingerprint density at radius 3 is 2.42 bits per heavy atom. The highest BCUT2D eigenvalue weighted by molar-refractivity contribution is 5.98. The first-order valence-electron chi connectivity index (χ1n) is 11.0. The molecule has 0 spiro atoms. The Morgan fingerprint density at radius 1 is 0.939 bits per heavy atom. The van der Waals surface area contributed by atoms with Crippen molar-refractivity contribution in [2.45, 2.75) is 32.4 Å². The van der Waals surface area contributed by atoms with Crippen molar-refractivity contribution < 1.29 is 19.1 Å². The number of ketones is 1. The molecule has 168 valence electrons. The molecule has 1 aliphatic rings. The van der Waals surface area contributed by atoms with E-state index in [-0.39, 0.29) is 18.3 Å². The van der Waals surface area contributed by atoms with E-state index in [0.29, 0.717) is 24.2 Å². The first kappa shape index (κ1) is 22.3. The van der Waals surface area contributed by atoms with Gasteiger partial charge in [0.05, 0.1) is 0 Å². The topological polar surface area (TPSA) is 75.7 Å². The van der Waals surface area contributed by atoms with Crippen LogP contribution < -0.4 is 5.32 Å². The molecule has 3 aromatic rings. The third-order valence-corrected chi connectivity index (χ3v) is 5.73. The van der Waals surface area contributed by atoms with Crippen molar-refractivity contribution in [1.82, 2.24) is 4.90 Å². The minimum absolute atomic E-state index is 0.00165. The van der Waals surface area contributed by atoms with Gasteiger partial charge in [-0.05, 0) is 54.7 Å². The maximum absolute atomic E-state index is 13.0. The van der Waals surface area contributed by atoms with Gasteiger partial charge in [0.1, 0.15) is 12.6 Å². The highest BCUT2D eigenvalue weighted by atomic mass is 16.6. The molecular weight excluding hydrogens is 416 g/mol. The van der Waals surface area contributed by atoms with Crippen LogP contribution in [0.4, 0.5) is 10.5 Å². The van der Waals surface area contributed by atoms with Crippen molar-refractivity contribution in [2.24, 2.45) is 0 Å². The second-order valence-electron chi connectivity index (χ2n) is 8.10. The normalized spacial score (nSPS) is 15.2. The van der Waals surface area contributed by atoms with Crippen LogP contribution in [0.5, 0.6) is 0 Å². The van der Waals surface area contributed by atoms with E-state index in [2.05, 4.69) is 5.32 Å². The molecule has 0 radical (unpaired) electrons. The number of hydrogen-bond acceptors (Lipinski definition) is 4. The van der Waals surface area contributed by atoms with E-state index in [0.717, 1.165) is 23.1 Å². The second kappa shape index (κ2) is 10.1. The monoisotopic (exact) mass is 442 g/mol. The van der Waals surface area contributed by atoms with Gasteiger partial charge in [-0.1, -0.05) is 60.7 Å². The summed E-state index contributed by atoms with van der Waals surface area (Å²) in [5, 5.41) is 2.93. The van der Waals surface area contributed by atoms with E-state index in [4.69, 9.17) is 4.74 Å². The number of benzene rings is 3. The van der Waals surface area contributed by atoms with Gasteiger partial charge in [-0.15, -0.1) is 0 Å². The van der Waals surface area contributed by atoms with Crippen LogP contribution in [0.15, 0.2) is 78.9 Å². The van der Waals surface area contributed by atoms with Crippen molar-refractivity contribution in [3.63, 3.8) is 0 Å². The zero-order valence-corrected chi connectivity index (χ0v) is 18.5. The molecule has 0 saturated carbocycles. The number of likely N-dealkylation sites (tertiary alicyclic amines) is 1. The highest BCUT2D eigenvalue weighted by Crippen LogP contribution is 2.25. The van der Waals surface area contributed by atoms with Crippen LogP contribution in [0.2, 0.25) is 0 Å². The van der Waals surface area contributed by atoms with Gasteiger partial charge in [-0.2, -0.15) is 0 Å². The zero-order chi connectivity index (χ0) is 23.2. The van der Waals surface area contributed by atoms with Gasteiger partial charge < -0.3 is 10.1 Å². The van der Waals surface area contributed by atoms with Gasteiger partial charge >= 0.3 is 6.09 Å². The fraction of sp³-hybridized carbons (Fsp3) is 0.222. The maximum Gasteiger partial charge on any atom is 0.410 e. The van der Waals surface area contributed by atoms with Crippen molar-refractivity contribution in [1.29, 1.82) is 0 Å². The van der Waals surface area contributed by atoms with Crippen LogP contribution in [0, 0.1) is 0 Å². The van der Waals surface area contributed by atoms with Crippen molar-refractivity contribution >= 4 is 23.5 Å². The maximum atomic E-state index is 13.0. The number of ether oxygens (including phenoxy) is 1. The van der Waals surface area contributed by atoms with Crippen LogP contribution in [0.3, 0.4) is 0 Å². The fourth-order valence-corrected chi connectivity index (χ4v) is 3.98. The molecule has 3 aromatic carbocycles. The van der Waals surface area contributed by atoms with Crippen LogP contribution in [-0.4, -0.2) is 35.3 Å². The molecule has 1 atom stereocenters. The summed E-state index contributed by atoms with van der Waals surface area (Å²) in [5.74, 6) is -0.236. The van der Waals surface area contributed by atoms with Gasteiger partial charge in [0.2, 0.25) is 5.91 Å². The number of nitrogens with one attached hydrogen (secondary N) is 1. The zero-order valence-electron chi connectivity index (χ0n) is 18.5. The minimum atomic E-state index is -0.571. The van der Waals surface area contributed by atoms with E-state index in [1.54, 1.807) is 6.07 Å². The lowest BCUT2D eigenvalue weighted by Gasteiger charge is -2.23. The van der Waals surface area contributed by atoms with E-state index in [1.807, 2.05) is 72.8 Å². The fourth-order valence-electron chi connectivity index (χ4n) is 3.98. The number of amides is 2. The third kappa shape index (κ3) is 5.47. The first-order valence-corrected chi connectivity index (χ1v) is 11.0. The molecule has 1 heterocycles. The number of nitrogens with zero attached hydrogens (tertiary/aromatic N) is 1. The molecule has 1 fully saturated rings. The van der Waals surface area contributed by atoms with Crippen molar-refractivity contribution in [3.05, 3.63) is 90.0 Å². The quantitative estimate of drug-likeness (QED) is 0.526. The summed E-state index contributed by atoms with van der Waals surface area (Å²) in [6.07, 6.45) is 0.856. The number of rotatable bonds is 6. The van der Waals surface area contributed by atoms with Crippen LogP contribution in [0.25, 0.3) is 11.1 Å². The Morgan fingerprint density at radius 2 is 1.67 bits per heavy atom. The van der Waals surface area contributed by atoms with Gasteiger partial charge in [0, 0.05) is 17.8 Å². The van der Waals surface area contributed by atoms with Gasteiger partial charge in [0.25, 0.3) is 0 Å². The smallest absolute Gasteiger partial charge is 0.410 e. The van der Waals surface area contributed by atoms with Crippen LogP contribution in [0.1, 0.15) is 35.7 Å². The molecule has 0 aliphatic carbocycles. The van der Waals surface area contributed by atoms with Gasteiger partial charge in [-0.25, -0.2) is 4.79 Å². The molecule has 2 amide bonds. The highest BCUT2D eigenvalue weighted by Gasteiger charge is 2.35. The summed E-state index contributed by atoms with van der Waals surface area (Å²) in [6, 6.07) is 23.7. The summed E-state index contributed by atoms with van der Waals surface area (Å²) >= 11 is 0. The number of Topliss-reactive ketones (excluding diaryl/α,β-unsaturated/α-hetero) is 1. The molecule has 1 saturated heterocycles. The summed E-state index contributed by atoms with van der Waals surface area (Å²) in [7, 11) is 0. The van der Waals surface area contributed by atoms with Crippen LogP contribution in [-0.2, 0) is 16.1 Å². The summed E-state index contributed by atoms with van der Waals surface area (Å²) in [6.45, 7) is 2.20. The Kier molecular flexibility index (Phi) is 6.83. The predicted octanol–water partition coefficient (Wildman–Crippen LogP) is 5.30. The lowest BCUT2D eigenvalue weighted by molar-refractivity contribution is -0.120. The Labute approximate surface area is 193 Å². The molecule has 1 aliphatic heterocycles. The van der Waals surface area contributed by atoms with E-state index in [9.17, 15) is 14.4 Å². The Bertz CT molecular complexity index is 1160. The predicted molar refractivity (Wildman–Crippen MR) is 127 cm³/mol.